The van der Waals surface area contributed by atoms with E-state index >= 15 is 0 Å². The van der Waals surface area contributed by atoms with Gasteiger partial charge in [-0.25, -0.2) is 13.2 Å². The third-order valence-corrected chi connectivity index (χ3v) is 4.03. The number of aryl methyl sites for hydroxylation is 1. The number of halogens is 1. The van der Waals surface area contributed by atoms with E-state index in [0.29, 0.717) is 12.8 Å². The smallest absolute Gasteiger partial charge is 0.336 e. The molecule has 1 aliphatic carbocycles. The van der Waals surface area contributed by atoms with E-state index < -0.39 is 15.0 Å². The SMILES string of the molecule is O=C(O)c1cc(S(=O)(=O)Cl)cc2c1CCC2. The number of fused-ring (bicyclic) bond motifs is 1. The van der Waals surface area contributed by atoms with Gasteiger partial charge in [-0.3, -0.25) is 0 Å². The van der Waals surface area contributed by atoms with E-state index in [4.69, 9.17) is 15.8 Å². The molecule has 0 saturated carbocycles. The molecule has 1 aliphatic rings. The van der Waals surface area contributed by atoms with Gasteiger partial charge in [0, 0.05) is 10.7 Å². The number of carbonyl (C=O) groups is 1. The van der Waals surface area contributed by atoms with E-state index in [1.165, 1.54) is 6.07 Å². The first-order chi connectivity index (χ1) is 7.39. The summed E-state index contributed by atoms with van der Waals surface area (Å²) in [6.45, 7) is 0. The fourth-order valence-corrected chi connectivity index (χ4v) is 2.82. The van der Waals surface area contributed by atoms with Gasteiger partial charge in [-0.2, -0.15) is 0 Å². The number of rotatable bonds is 2. The third-order valence-electron chi connectivity index (χ3n) is 2.70. The van der Waals surface area contributed by atoms with Crippen molar-refractivity contribution < 1.29 is 18.3 Å². The molecule has 2 rings (SSSR count). The summed E-state index contributed by atoms with van der Waals surface area (Å²) in [6, 6.07) is 2.60. The van der Waals surface area contributed by atoms with Crippen molar-refractivity contribution in [1.82, 2.24) is 0 Å². The van der Waals surface area contributed by atoms with Crippen LogP contribution in [0.5, 0.6) is 0 Å². The fourth-order valence-electron chi connectivity index (χ4n) is 2.01. The van der Waals surface area contributed by atoms with Gasteiger partial charge in [0.1, 0.15) is 0 Å². The standard InChI is InChI=1S/C10H9ClO4S/c11-16(14,15)7-4-6-2-1-3-8(6)9(5-7)10(12)13/h4-5H,1-3H2,(H,12,13). The van der Waals surface area contributed by atoms with Crippen molar-refractivity contribution in [3.8, 4) is 0 Å². The van der Waals surface area contributed by atoms with Crippen LogP contribution in [0.15, 0.2) is 17.0 Å². The van der Waals surface area contributed by atoms with Gasteiger partial charge in [0.25, 0.3) is 9.05 Å². The molecule has 86 valence electrons. The zero-order valence-electron chi connectivity index (χ0n) is 8.23. The van der Waals surface area contributed by atoms with Crippen LogP contribution in [0.25, 0.3) is 0 Å². The summed E-state index contributed by atoms with van der Waals surface area (Å²) in [4.78, 5) is 10.9. The molecule has 0 atom stereocenters. The van der Waals surface area contributed by atoms with Crippen molar-refractivity contribution in [2.45, 2.75) is 24.2 Å². The minimum Gasteiger partial charge on any atom is -0.478 e. The predicted molar refractivity (Wildman–Crippen MR) is 58.5 cm³/mol. The first-order valence-corrected chi connectivity index (χ1v) is 7.04. The molecule has 0 aromatic heterocycles. The number of hydrogen-bond acceptors (Lipinski definition) is 3. The average molecular weight is 261 g/mol. The van der Waals surface area contributed by atoms with Gasteiger partial charge in [-0.05, 0) is 42.5 Å². The summed E-state index contributed by atoms with van der Waals surface area (Å²) in [5.74, 6) is -1.11. The zero-order valence-corrected chi connectivity index (χ0v) is 9.81. The molecule has 0 unspecified atom stereocenters. The molecule has 0 amide bonds. The van der Waals surface area contributed by atoms with E-state index in [9.17, 15) is 13.2 Å². The third kappa shape index (κ3) is 1.92. The largest absolute Gasteiger partial charge is 0.478 e. The van der Waals surface area contributed by atoms with Crippen molar-refractivity contribution in [2.75, 3.05) is 0 Å². The summed E-state index contributed by atoms with van der Waals surface area (Å²) >= 11 is 0. The molecule has 0 aliphatic heterocycles. The van der Waals surface area contributed by atoms with Crippen LogP contribution < -0.4 is 0 Å². The maximum absolute atomic E-state index is 11.2. The monoisotopic (exact) mass is 260 g/mol. The Labute approximate surface area is 97.3 Å². The minimum atomic E-state index is -3.87. The van der Waals surface area contributed by atoms with Gasteiger partial charge in [-0.1, -0.05) is 0 Å². The van der Waals surface area contributed by atoms with Gasteiger partial charge >= 0.3 is 5.97 Å². The highest BCUT2D eigenvalue weighted by Crippen LogP contribution is 2.29. The Bertz CT molecular complexity index is 562. The zero-order chi connectivity index (χ0) is 11.9. The van der Waals surface area contributed by atoms with E-state index in [2.05, 4.69) is 0 Å². The van der Waals surface area contributed by atoms with E-state index in [0.717, 1.165) is 23.6 Å². The van der Waals surface area contributed by atoms with Crippen LogP contribution in [-0.4, -0.2) is 19.5 Å². The molecular formula is C10H9ClO4S. The second-order valence-electron chi connectivity index (χ2n) is 3.71. The fraction of sp³-hybridized carbons (Fsp3) is 0.300. The highest BCUT2D eigenvalue weighted by atomic mass is 35.7. The summed E-state index contributed by atoms with van der Waals surface area (Å²) < 4.78 is 22.4. The lowest BCUT2D eigenvalue weighted by Crippen LogP contribution is -2.05. The van der Waals surface area contributed by atoms with Gasteiger partial charge in [0.2, 0.25) is 0 Å². The average Bonchev–Trinajstić information content (AvgIpc) is 2.61. The van der Waals surface area contributed by atoms with Gasteiger partial charge in [0.05, 0.1) is 10.5 Å². The molecule has 6 heteroatoms. The molecule has 0 saturated heterocycles. The van der Waals surface area contributed by atoms with Crippen molar-refractivity contribution in [3.05, 3.63) is 28.8 Å². The number of carboxylic acids is 1. The van der Waals surface area contributed by atoms with Crippen molar-refractivity contribution >= 4 is 25.7 Å². The molecule has 0 bridgehead atoms. The lowest BCUT2D eigenvalue weighted by Gasteiger charge is -2.06. The van der Waals surface area contributed by atoms with Gasteiger partial charge < -0.3 is 5.11 Å². The van der Waals surface area contributed by atoms with E-state index in [1.54, 1.807) is 0 Å². The highest BCUT2D eigenvalue weighted by molar-refractivity contribution is 8.13. The first kappa shape index (κ1) is 11.4. The van der Waals surface area contributed by atoms with E-state index in [1.807, 2.05) is 0 Å². The van der Waals surface area contributed by atoms with Crippen LogP contribution in [0.2, 0.25) is 0 Å². The van der Waals surface area contributed by atoms with Gasteiger partial charge in [0.15, 0.2) is 0 Å². The Morgan fingerprint density at radius 2 is 2.00 bits per heavy atom. The maximum atomic E-state index is 11.2. The number of hydrogen-bond donors (Lipinski definition) is 1. The maximum Gasteiger partial charge on any atom is 0.336 e. The van der Waals surface area contributed by atoms with Crippen LogP contribution in [0.1, 0.15) is 27.9 Å². The summed E-state index contributed by atoms with van der Waals surface area (Å²) in [5.41, 5.74) is 1.56. The molecule has 16 heavy (non-hydrogen) atoms. The lowest BCUT2D eigenvalue weighted by molar-refractivity contribution is 0.0695. The topological polar surface area (TPSA) is 71.4 Å². The Morgan fingerprint density at radius 1 is 1.31 bits per heavy atom. The van der Waals surface area contributed by atoms with Crippen LogP contribution >= 0.6 is 10.7 Å². The second-order valence-corrected chi connectivity index (χ2v) is 6.27. The molecular weight excluding hydrogens is 252 g/mol. The molecule has 4 nitrogen and oxygen atoms in total. The number of carboxylic acid groups (broad SMARTS) is 1. The molecule has 0 heterocycles. The lowest BCUT2D eigenvalue weighted by atomic mass is 10.0. The molecule has 0 fully saturated rings. The highest BCUT2D eigenvalue weighted by Gasteiger charge is 2.23. The number of benzene rings is 1. The summed E-state index contributed by atoms with van der Waals surface area (Å²) in [5, 5.41) is 9.00. The second kappa shape index (κ2) is 3.75. The van der Waals surface area contributed by atoms with Crippen LogP contribution in [0, 0.1) is 0 Å². The molecule has 0 spiro atoms. The number of aromatic carboxylic acids is 1. The Balaban J connectivity index is 2.70. The van der Waals surface area contributed by atoms with Gasteiger partial charge in [-0.15, -0.1) is 0 Å². The first-order valence-electron chi connectivity index (χ1n) is 4.73. The molecule has 1 aromatic rings. The predicted octanol–water partition coefficient (Wildman–Crippen LogP) is 1.80. The van der Waals surface area contributed by atoms with Crippen LogP contribution in [0.3, 0.4) is 0 Å². The van der Waals surface area contributed by atoms with Crippen molar-refractivity contribution in [2.24, 2.45) is 0 Å². The van der Waals surface area contributed by atoms with Crippen molar-refractivity contribution in [3.63, 3.8) is 0 Å². The molecule has 1 aromatic carbocycles. The Kier molecular flexibility index (Phi) is 2.67. The Morgan fingerprint density at radius 3 is 2.56 bits per heavy atom. The summed E-state index contributed by atoms with van der Waals surface area (Å²) in [6.07, 6.45) is 2.23. The van der Waals surface area contributed by atoms with E-state index in [-0.39, 0.29) is 10.5 Å². The summed E-state index contributed by atoms with van der Waals surface area (Å²) in [7, 11) is 1.34. The van der Waals surface area contributed by atoms with Crippen LogP contribution in [-0.2, 0) is 21.9 Å². The van der Waals surface area contributed by atoms with Crippen LogP contribution in [0.4, 0.5) is 0 Å². The molecule has 1 N–H and O–H groups in total. The normalized spacial score (nSPS) is 14.8. The molecule has 0 radical (unpaired) electrons. The Hall–Kier alpha value is -1.07. The minimum absolute atomic E-state index is 0.0502. The van der Waals surface area contributed by atoms with Crippen molar-refractivity contribution in [1.29, 1.82) is 0 Å². The quantitative estimate of drug-likeness (QED) is 0.823.